The number of halogens is 1. The topological polar surface area (TPSA) is 54.3 Å². The molecule has 0 saturated carbocycles. The molecule has 1 aliphatic heterocycles. The summed E-state index contributed by atoms with van der Waals surface area (Å²) in [6, 6.07) is 11.1. The number of carbonyl (C=O) groups excluding carboxylic acids is 2. The third kappa shape index (κ3) is 3.31. The van der Waals surface area contributed by atoms with Gasteiger partial charge in [0.1, 0.15) is 0 Å². The second-order valence-corrected chi connectivity index (χ2v) is 6.56. The summed E-state index contributed by atoms with van der Waals surface area (Å²) in [4.78, 5) is 26.3. The smallest absolute Gasteiger partial charge is 0.227 e. The number of hydrogen-bond donors (Lipinski definition) is 1. The molecule has 0 radical (unpaired) electrons. The summed E-state index contributed by atoms with van der Waals surface area (Å²) in [6.45, 7) is 2.87. The maximum absolute atomic E-state index is 12.4. The minimum absolute atomic E-state index is 0.0490. The number of rotatable bonds is 4. The Hall–Kier alpha value is -2.27. The maximum atomic E-state index is 12.4. The number of hydrogen-bond acceptors (Lipinski definition) is 2. The van der Waals surface area contributed by atoms with Crippen LogP contribution in [-0.4, -0.2) is 22.9 Å². The third-order valence-corrected chi connectivity index (χ3v) is 4.77. The second-order valence-electron chi connectivity index (χ2n) is 6.13. The summed E-state index contributed by atoms with van der Waals surface area (Å²) < 4.78 is 2.04. The summed E-state index contributed by atoms with van der Waals surface area (Å²) >= 11 is 5.98. The number of nitrogens with one attached hydrogen (secondary N) is 1. The van der Waals surface area contributed by atoms with Crippen molar-refractivity contribution in [1.82, 2.24) is 9.88 Å². The number of aryl methyl sites for hydroxylation is 1. The van der Waals surface area contributed by atoms with Gasteiger partial charge in [0.15, 0.2) is 0 Å². The van der Waals surface area contributed by atoms with E-state index in [1.165, 1.54) is 0 Å². The van der Waals surface area contributed by atoms with E-state index in [1.54, 1.807) is 23.1 Å². The highest BCUT2D eigenvalue weighted by molar-refractivity contribution is 6.30. The van der Waals surface area contributed by atoms with Gasteiger partial charge in [-0.3, -0.25) is 9.59 Å². The van der Waals surface area contributed by atoms with Crippen LogP contribution in [0.3, 0.4) is 0 Å². The number of anilines is 1. The molecule has 2 heterocycles. The molecule has 24 heavy (non-hydrogen) atoms. The highest BCUT2D eigenvalue weighted by Crippen LogP contribution is 2.27. The molecule has 1 aliphatic rings. The van der Waals surface area contributed by atoms with Crippen molar-refractivity contribution in [3.8, 4) is 0 Å². The Bertz CT molecular complexity index is 784. The highest BCUT2D eigenvalue weighted by atomic mass is 35.5. The van der Waals surface area contributed by atoms with Gasteiger partial charge in [0.2, 0.25) is 11.8 Å². The number of nitrogens with zero attached hydrogens (tertiary/aromatic N) is 2. The average Bonchev–Trinajstić information content (AvgIpc) is 3.09. The minimum atomic E-state index is -0.335. The van der Waals surface area contributed by atoms with Crippen molar-refractivity contribution in [2.75, 3.05) is 11.4 Å². The molecule has 2 amide bonds. The number of benzene rings is 1. The van der Waals surface area contributed by atoms with Crippen LogP contribution in [0.25, 0.3) is 0 Å². The first-order valence-electron chi connectivity index (χ1n) is 7.90. The fourth-order valence-electron chi connectivity index (χ4n) is 2.94. The van der Waals surface area contributed by atoms with Crippen molar-refractivity contribution in [2.24, 2.45) is 13.0 Å². The summed E-state index contributed by atoms with van der Waals surface area (Å²) in [5.74, 6) is -0.475. The molecule has 5 nitrogen and oxygen atoms in total. The van der Waals surface area contributed by atoms with E-state index in [2.05, 4.69) is 5.32 Å². The van der Waals surface area contributed by atoms with Crippen LogP contribution in [0.4, 0.5) is 5.69 Å². The molecule has 2 aromatic rings. The van der Waals surface area contributed by atoms with Gasteiger partial charge in [-0.25, -0.2) is 0 Å². The molecule has 6 heteroatoms. The van der Waals surface area contributed by atoms with E-state index in [0.717, 1.165) is 17.1 Å². The van der Waals surface area contributed by atoms with E-state index < -0.39 is 0 Å². The van der Waals surface area contributed by atoms with Crippen LogP contribution in [0, 0.1) is 12.8 Å². The van der Waals surface area contributed by atoms with Crippen molar-refractivity contribution in [1.29, 1.82) is 0 Å². The summed E-state index contributed by atoms with van der Waals surface area (Å²) in [7, 11) is 1.97. The zero-order valence-corrected chi connectivity index (χ0v) is 14.5. The van der Waals surface area contributed by atoms with Crippen molar-refractivity contribution in [3.63, 3.8) is 0 Å². The van der Waals surface area contributed by atoms with Crippen molar-refractivity contribution >= 4 is 29.1 Å². The van der Waals surface area contributed by atoms with Gasteiger partial charge >= 0.3 is 0 Å². The van der Waals surface area contributed by atoms with E-state index >= 15 is 0 Å². The lowest BCUT2D eigenvalue weighted by atomic mass is 10.1. The molecule has 1 atom stereocenters. The molecule has 1 saturated heterocycles. The Morgan fingerprint density at radius 3 is 2.79 bits per heavy atom. The predicted octanol–water partition coefficient (Wildman–Crippen LogP) is 2.66. The molecule has 0 aliphatic carbocycles. The van der Waals surface area contributed by atoms with Crippen LogP contribution in [0.5, 0.6) is 0 Å². The summed E-state index contributed by atoms with van der Waals surface area (Å²) in [5, 5.41) is 3.51. The van der Waals surface area contributed by atoms with E-state index in [-0.39, 0.29) is 24.2 Å². The van der Waals surface area contributed by atoms with Crippen LogP contribution in [0.2, 0.25) is 5.02 Å². The second kappa shape index (κ2) is 6.69. The molecule has 1 fully saturated rings. The average molecular weight is 346 g/mol. The molecule has 3 rings (SSSR count). The van der Waals surface area contributed by atoms with Gasteiger partial charge in [0.25, 0.3) is 0 Å². The SMILES string of the molecule is Cc1ccc(CNC(=O)C2CC(=O)N(c3cccc(Cl)c3)C2)n1C. The zero-order valence-electron chi connectivity index (χ0n) is 13.8. The Labute approximate surface area is 146 Å². The van der Waals surface area contributed by atoms with E-state index in [1.807, 2.05) is 36.7 Å². The first-order valence-corrected chi connectivity index (χ1v) is 8.28. The van der Waals surface area contributed by atoms with Crippen molar-refractivity contribution < 1.29 is 9.59 Å². The Morgan fingerprint density at radius 1 is 1.33 bits per heavy atom. The van der Waals surface area contributed by atoms with E-state index in [9.17, 15) is 9.59 Å². The summed E-state index contributed by atoms with van der Waals surface area (Å²) in [5.41, 5.74) is 2.92. The molecule has 1 aromatic heterocycles. The largest absolute Gasteiger partial charge is 0.350 e. The lowest BCUT2D eigenvalue weighted by Crippen LogP contribution is -2.33. The first kappa shape index (κ1) is 16.6. The number of amides is 2. The minimum Gasteiger partial charge on any atom is -0.350 e. The van der Waals surface area contributed by atoms with E-state index in [0.29, 0.717) is 18.1 Å². The fourth-order valence-corrected chi connectivity index (χ4v) is 3.13. The van der Waals surface area contributed by atoms with Gasteiger partial charge in [0, 0.05) is 42.1 Å². The third-order valence-electron chi connectivity index (χ3n) is 4.54. The predicted molar refractivity (Wildman–Crippen MR) is 93.9 cm³/mol. The van der Waals surface area contributed by atoms with Crippen LogP contribution in [0.1, 0.15) is 17.8 Å². The van der Waals surface area contributed by atoms with Crippen LogP contribution in [-0.2, 0) is 23.2 Å². The van der Waals surface area contributed by atoms with Crippen LogP contribution >= 0.6 is 11.6 Å². The van der Waals surface area contributed by atoms with Gasteiger partial charge in [0.05, 0.1) is 12.5 Å². The molecule has 1 aromatic carbocycles. The molecule has 1 N–H and O–H groups in total. The zero-order chi connectivity index (χ0) is 17.3. The molecular formula is C18H20ClN3O2. The summed E-state index contributed by atoms with van der Waals surface area (Å²) in [6.07, 6.45) is 0.227. The first-order chi connectivity index (χ1) is 11.5. The molecule has 1 unspecified atom stereocenters. The van der Waals surface area contributed by atoms with E-state index in [4.69, 9.17) is 11.6 Å². The molecule has 126 valence electrons. The fraction of sp³-hybridized carbons (Fsp3) is 0.333. The lowest BCUT2D eigenvalue weighted by Gasteiger charge is -2.17. The van der Waals surface area contributed by atoms with Gasteiger partial charge in [-0.15, -0.1) is 0 Å². The van der Waals surface area contributed by atoms with Gasteiger partial charge in [-0.05, 0) is 37.3 Å². The Balaban J connectivity index is 1.63. The number of aromatic nitrogens is 1. The molecule has 0 spiro atoms. The highest BCUT2D eigenvalue weighted by Gasteiger charge is 2.35. The normalized spacial score (nSPS) is 17.4. The molecular weight excluding hydrogens is 326 g/mol. The quantitative estimate of drug-likeness (QED) is 0.926. The molecule has 0 bridgehead atoms. The number of carbonyl (C=O) groups is 2. The van der Waals surface area contributed by atoms with Gasteiger partial charge in [-0.1, -0.05) is 17.7 Å². The monoisotopic (exact) mass is 345 g/mol. The van der Waals surface area contributed by atoms with Crippen molar-refractivity contribution in [2.45, 2.75) is 19.9 Å². The van der Waals surface area contributed by atoms with Crippen LogP contribution < -0.4 is 10.2 Å². The van der Waals surface area contributed by atoms with Gasteiger partial charge < -0.3 is 14.8 Å². The lowest BCUT2D eigenvalue weighted by molar-refractivity contribution is -0.126. The standard InChI is InChI=1S/C18H20ClN3O2/c1-12-6-7-16(21(12)2)10-20-18(24)13-8-17(23)22(11-13)15-5-3-4-14(19)9-15/h3-7,9,13H,8,10-11H2,1-2H3,(H,20,24). The van der Waals surface area contributed by atoms with Crippen molar-refractivity contribution in [3.05, 3.63) is 52.8 Å². The Morgan fingerprint density at radius 2 is 2.12 bits per heavy atom. The maximum Gasteiger partial charge on any atom is 0.227 e. The van der Waals surface area contributed by atoms with Crippen LogP contribution in [0.15, 0.2) is 36.4 Å². The van der Waals surface area contributed by atoms with Gasteiger partial charge in [-0.2, -0.15) is 0 Å². The Kier molecular flexibility index (Phi) is 4.62.